The minimum Gasteiger partial charge on any atom is -0.461 e. The van der Waals surface area contributed by atoms with E-state index in [1.807, 2.05) is 6.92 Å². The molecule has 0 amide bonds. The van der Waals surface area contributed by atoms with Crippen LogP contribution in [0.5, 0.6) is 0 Å². The Balaban J connectivity index is 2.14. The third-order valence-corrected chi connectivity index (χ3v) is 6.46. The first kappa shape index (κ1) is 14.3. The molecule has 1 saturated heterocycles. The highest BCUT2D eigenvalue weighted by Gasteiger charge is 2.72. The van der Waals surface area contributed by atoms with Crippen LogP contribution in [-0.4, -0.2) is 44.7 Å². The summed E-state index contributed by atoms with van der Waals surface area (Å²) in [4.78, 5) is 11.9. The SMILES string of the molecule is C[C@@H]1C(=O)O[C@@H]2[C@H]1CC[C@@](C)(O)[C@]1(O)CC[C@H](O)[C@@]21C. The van der Waals surface area contributed by atoms with E-state index in [9.17, 15) is 20.1 Å². The molecule has 2 aliphatic carbocycles. The lowest BCUT2D eigenvalue weighted by Gasteiger charge is -2.50. The van der Waals surface area contributed by atoms with Crippen molar-refractivity contribution in [1.29, 1.82) is 0 Å². The molecule has 3 fully saturated rings. The molecule has 0 aromatic carbocycles. The van der Waals surface area contributed by atoms with Gasteiger partial charge in [0, 0.05) is 5.92 Å². The summed E-state index contributed by atoms with van der Waals surface area (Å²) in [6, 6.07) is 0. The molecule has 0 aromatic heterocycles. The summed E-state index contributed by atoms with van der Waals surface area (Å²) < 4.78 is 5.53. The average molecular weight is 284 g/mol. The highest BCUT2D eigenvalue weighted by Crippen LogP contribution is 2.61. The lowest BCUT2D eigenvalue weighted by atomic mass is 9.63. The quantitative estimate of drug-likeness (QED) is 0.567. The highest BCUT2D eigenvalue weighted by molar-refractivity contribution is 5.75. The van der Waals surface area contributed by atoms with Crippen LogP contribution in [0.2, 0.25) is 0 Å². The lowest BCUT2D eigenvalue weighted by Crippen LogP contribution is -2.64. The van der Waals surface area contributed by atoms with Crippen LogP contribution in [0, 0.1) is 17.3 Å². The van der Waals surface area contributed by atoms with Crippen molar-refractivity contribution in [2.24, 2.45) is 17.3 Å². The van der Waals surface area contributed by atoms with Gasteiger partial charge in [-0.05, 0) is 32.6 Å². The molecule has 0 radical (unpaired) electrons. The van der Waals surface area contributed by atoms with Gasteiger partial charge in [-0.15, -0.1) is 0 Å². The zero-order valence-electron chi connectivity index (χ0n) is 12.3. The number of hydrogen-bond donors (Lipinski definition) is 3. The van der Waals surface area contributed by atoms with Gasteiger partial charge in [-0.2, -0.15) is 0 Å². The molecule has 3 N–H and O–H groups in total. The molecule has 0 bridgehead atoms. The van der Waals surface area contributed by atoms with Crippen molar-refractivity contribution in [2.45, 2.75) is 69.9 Å². The van der Waals surface area contributed by atoms with Crippen LogP contribution < -0.4 is 0 Å². The van der Waals surface area contributed by atoms with E-state index in [-0.39, 0.29) is 17.8 Å². The Morgan fingerprint density at radius 3 is 2.50 bits per heavy atom. The van der Waals surface area contributed by atoms with Gasteiger partial charge in [-0.1, -0.05) is 13.8 Å². The Morgan fingerprint density at radius 1 is 1.20 bits per heavy atom. The van der Waals surface area contributed by atoms with Gasteiger partial charge >= 0.3 is 5.97 Å². The van der Waals surface area contributed by atoms with Gasteiger partial charge in [0.1, 0.15) is 11.7 Å². The number of carbonyl (C=O) groups is 1. The smallest absolute Gasteiger partial charge is 0.309 e. The summed E-state index contributed by atoms with van der Waals surface area (Å²) in [5.74, 6) is -0.562. The number of esters is 1. The summed E-state index contributed by atoms with van der Waals surface area (Å²) in [6.45, 7) is 5.22. The van der Waals surface area contributed by atoms with E-state index in [0.717, 1.165) is 0 Å². The first-order chi connectivity index (χ1) is 9.15. The fourth-order valence-corrected chi connectivity index (χ4v) is 4.84. The molecule has 0 spiro atoms. The molecular formula is C15H24O5. The maximum atomic E-state index is 11.9. The Kier molecular flexibility index (Phi) is 2.83. The Morgan fingerprint density at radius 2 is 1.85 bits per heavy atom. The fraction of sp³-hybridized carbons (Fsp3) is 0.933. The molecule has 3 aliphatic rings. The van der Waals surface area contributed by atoms with E-state index in [4.69, 9.17) is 4.74 Å². The van der Waals surface area contributed by atoms with Crippen molar-refractivity contribution in [1.82, 2.24) is 0 Å². The molecule has 1 aliphatic heterocycles. The number of carbonyl (C=O) groups excluding carboxylic acids is 1. The second-order valence-electron chi connectivity index (χ2n) is 7.32. The third-order valence-electron chi connectivity index (χ3n) is 6.46. The number of rotatable bonds is 0. The van der Waals surface area contributed by atoms with Gasteiger partial charge in [-0.3, -0.25) is 4.79 Å². The van der Waals surface area contributed by atoms with Gasteiger partial charge in [0.15, 0.2) is 0 Å². The van der Waals surface area contributed by atoms with E-state index in [2.05, 4.69) is 0 Å². The summed E-state index contributed by atoms with van der Waals surface area (Å²) in [5, 5.41) is 32.4. The van der Waals surface area contributed by atoms with E-state index >= 15 is 0 Å². The molecule has 20 heavy (non-hydrogen) atoms. The monoisotopic (exact) mass is 284 g/mol. The van der Waals surface area contributed by atoms with Crippen molar-refractivity contribution in [2.75, 3.05) is 0 Å². The predicted molar refractivity (Wildman–Crippen MR) is 70.7 cm³/mol. The van der Waals surface area contributed by atoms with Crippen molar-refractivity contribution in [3.8, 4) is 0 Å². The lowest BCUT2D eigenvalue weighted by molar-refractivity contribution is -0.229. The highest BCUT2D eigenvalue weighted by atomic mass is 16.6. The maximum absolute atomic E-state index is 11.9. The predicted octanol–water partition coefficient (Wildman–Crippen LogP) is 0.601. The molecular weight excluding hydrogens is 260 g/mol. The average Bonchev–Trinajstić information content (AvgIpc) is 2.77. The first-order valence-electron chi connectivity index (χ1n) is 7.48. The van der Waals surface area contributed by atoms with Crippen LogP contribution in [-0.2, 0) is 9.53 Å². The summed E-state index contributed by atoms with van der Waals surface area (Å²) in [5.41, 5.74) is -3.73. The number of hydrogen-bond acceptors (Lipinski definition) is 5. The molecule has 7 atom stereocenters. The molecule has 5 nitrogen and oxygen atoms in total. The zero-order chi connectivity index (χ0) is 14.9. The number of ether oxygens (including phenoxy) is 1. The Bertz CT molecular complexity index is 448. The zero-order valence-corrected chi connectivity index (χ0v) is 12.3. The van der Waals surface area contributed by atoms with Crippen LogP contribution in [0.25, 0.3) is 0 Å². The molecule has 3 rings (SSSR count). The largest absolute Gasteiger partial charge is 0.461 e. The normalized spacial score (nSPS) is 58.8. The van der Waals surface area contributed by atoms with Gasteiger partial charge in [0.2, 0.25) is 0 Å². The minimum absolute atomic E-state index is 0.0549. The van der Waals surface area contributed by atoms with Crippen molar-refractivity contribution < 1.29 is 24.9 Å². The fourth-order valence-electron chi connectivity index (χ4n) is 4.84. The summed E-state index contributed by atoms with van der Waals surface area (Å²) in [6.07, 6.45) is 0.470. The summed E-state index contributed by atoms with van der Waals surface area (Å²) in [7, 11) is 0. The standard InChI is InChI=1S/C15H24O5/c1-8-9-4-6-13(2,18)15(19)7-5-10(16)14(15,3)11(9)20-12(8)17/h8-11,16,18-19H,4-7H2,1-3H3/t8-,9-,10-,11+,13+,14-,15+/m0/s1. The first-order valence-corrected chi connectivity index (χ1v) is 7.48. The van der Waals surface area contributed by atoms with E-state index in [0.29, 0.717) is 25.7 Å². The Hall–Kier alpha value is -0.650. The van der Waals surface area contributed by atoms with E-state index in [1.165, 1.54) is 0 Å². The van der Waals surface area contributed by atoms with Gasteiger partial charge < -0.3 is 20.1 Å². The molecule has 5 heteroatoms. The second kappa shape index (κ2) is 3.96. The summed E-state index contributed by atoms with van der Waals surface area (Å²) >= 11 is 0. The minimum atomic E-state index is -1.43. The molecule has 2 saturated carbocycles. The van der Waals surface area contributed by atoms with Gasteiger partial charge in [0.05, 0.1) is 23.0 Å². The molecule has 0 unspecified atom stereocenters. The van der Waals surface area contributed by atoms with E-state index in [1.54, 1.807) is 13.8 Å². The molecule has 114 valence electrons. The molecule has 1 heterocycles. The van der Waals surface area contributed by atoms with Crippen LogP contribution in [0.3, 0.4) is 0 Å². The number of aliphatic hydroxyl groups excluding tert-OH is 1. The van der Waals surface area contributed by atoms with Crippen LogP contribution >= 0.6 is 0 Å². The van der Waals surface area contributed by atoms with Crippen LogP contribution in [0.1, 0.15) is 46.5 Å². The van der Waals surface area contributed by atoms with Crippen molar-refractivity contribution in [3.63, 3.8) is 0 Å². The second-order valence-corrected chi connectivity index (χ2v) is 7.32. The molecule has 0 aromatic rings. The van der Waals surface area contributed by atoms with Crippen LogP contribution in [0.4, 0.5) is 0 Å². The maximum Gasteiger partial charge on any atom is 0.309 e. The number of fused-ring (bicyclic) bond motifs is 3. The van der Waals surface area contributed by atoms with Crippen LogP contribution in [0.15, 0.2) is 0 Å². The van der Waals surface area contributed by atoms with Gasteiger partial charge in [0.25, 0.3) is 0 Å². The topological polar surface area (TPSA) is 87.0 Å². The number of aliphatic hydroxyl groups is 3. The van der Waals surface area contributed by atoms with Crippen molar-refractivity contribution >= 4 is 5.97 Å². The van der Waals surface area contributed by atoms with E-state index < -0.39 is 28.8 Å². The third kappa shape index (κ3) is 1.41. The Labute approximate surface area is 118 Å². The van der Waals surface area contributed by atoms with Crippen molar-refractivity contribution in [3.05, 3.63) is 0 Å². The van der Waals surface area contributed by atoms with Gasteiger partial charge in [-0.25, -0.2) is 0 Å².